The lowest BCUT2D eigenvalue weighted by Crippen LogP contribution is -2.32. The van der Waals surface area contributed by atoms with Gasteiger partial charge in [-0.2, -0.15) is 0 Å². The standard InChI is InChI=1S/C11H15NO4S/c1-16-11(13)9-17(14,15)12-8-7-10-5-3-2-4-6-10/h2-6,12H,7-9H2,1H3. The van der Waals surface area contributed by atoms with Crippen molar-refractivity contribution in [3.63, 3.8) is 0 Å². The van der Waals surface area contributed by atoms with E-state index in [2.05, 4.69) is 9.46 Å². The van der Waals surface area contributed by atoms with Gasteiger partial charge >= 0.3 is 5.97 Å². The van der Waals surface area contributed by atoms with Crippen LogP contribution in [0, 0.1) is 0 Å². The average Bonchev–Trinajstić information content (AvgIpc) is 2.29. The first-order valence-electron chi connectivity index (χ1n) is 5.11. The van der Waals surface area contributed by atoms with Crippen molar-refractivity contribution in [2.45, 2.75) is 6.42 Å². The lowest BCUT2D eigenvalue weighted by molar-refractivity contribution is -0.137. The number of hydrogen-bond acceptors (Lipinski definition) is 4. The number of sulfonamides is 1. The van der Waals surface area contributed by atoms with Crippen molar-refractivity contribution in [2.75, 3.05) is 19.4 Å². The molecule has 0 aromatic heterocycles. The van der Waals surface area contributed by atoms with Crippen LogP contribution in [0.4, 0.5) is 0 Å². The molecule has 1 N–H and O–H groups in total. The molecule has 0 aliphatic carbocycles. The van der Waals surface area contributed by atoms with Crippen LogP contribution in [-0.2, 0) is 26.0 Å². The summed E-state index contributed by atoms with van der Waals surface area (Å²) in [5.74, 6) is -1.41. The highest BCUT2D eigenvalue weighted by atomic mass is 32.2. The lowest BCUT2D eigenvalue weighted by atomic mass is 10.2. The molecular weight excluding hydrogens is 242 g/mol. The fourth-order valence-electron chi connectivity index (χ4n) is 1.26. The zero-order valence-corrected chi connectivity index (χ0v) is 10.4. The Bertz CT molecular complexity index is 456. The van der Waals surface area contributed by atoms with Gasteiger partial charge in [0.1, 0.15) is 0 Å². The maximum atomic E-state index is 11.4. The Labute approximate surface area is 101 Å². The number of rotatable bonds is 6. The highest BCUT2D eigenvalue weighted by molar-refractivity contribution is 7.90. The van der Waals surface area contributed by atoms with Gasteiger partial charge in [0.25, 0.3) is 0 Å². The zero-order valence-electron chi connectivity index (χ0n) is 9.55. The fraction of sp³-hybridized carbons (Fsp3) is 0.364. The highest BCUT2D eigenvalue weighted by Crippen LogP contribution is 1.98. The molecule has 6 heteroatoms. The predicted molar refractivity (Wildman–Crippen MR) is 64.0 cm³/mol. The van der Waals surface area contributed by atoms with Crippen LogP contribution in [0.2, 0.25) is 0 Å². The van der Waals surface area contributed by atoms with Gasteiger partial charge in [0.05, 0.1) is 7.11 Å². The maximum absolute atomic E-state index is 11.4. The largest absolute Gasteiger partial charge is 0.468 e. The van der Waals surface area contributed by atoms with Crippen LogP contribution in [0.3, 0.4) is 0 Å². The number of carbonyl (C=O) groups excluding carboxylic acids is 1. The summed E-state index contributed by atoms with van der Waals surface area (Å²) >= 11 is 0. The molecule has 0 saturated heterocycles. The van der Waals surface area contributed by atoms with Crippen LogP contribution in [0.1, 0.15) is 5.56 Å². The summed E-state index contributed by atoms with van der Waals surface area (Å²) in [5, 5.41) is 0. The summed E-state index contributed by atoms with van der Waals surface area (Å²) < 4.78 is 29.4. The molecule has 0 amide bonds. The molecule has 1 aromatic carbocycles. The zero-order chi connectivity index (χ0) is 12.7. The molecule has 0 bridgehead atoms. The average molecular weight is 257 g/mol. The Morgan fingerprint density at radius 2 is 1.94 bits per heavy atom. The van der Waals surface area contributed by atoms with E-state index in [0.717, 1.165) is 12.7 Å². The molecule has 0 unspecified atom stereocenters. The van der Waals surface area contributed by atoms with Crippen molar-refractivity contribution in [2.24, 2.45) is 0 Å². The fourth-order valence-corrected chi connectivity index (χ4v) is 2.20. The van der Waals surface area contributed by atoms with Gasteiger partial charge in [0, 0.05) is 6.54 Å². The normalized spacial score (nSPS) is 11.1. The van der Waals surface area contributed by atoms with Crippen LogP contribution in [0.15, 0.2) is 30.3 Å². The second kappa shape index (κ2) is 6.36. The van der Waals surface area contributed by atoms with E-state index in [-0.39, 0.29) is 6.54 Å². The van der Waals surface area contributed by atoms with Crippen LogP contribution in [0.5, 0.6) is 0 Å². The van der Waals surface area contributed by atoms with E-state index in [1.165, 1.54) is 0 Å². The molecule has 0 aliphatic rings. The van der Waals surface area contributed by atoms with E-state index >= 15 is 0 Å². The van der Waals surface area contributed by atoms with Gasteiger partial charge in [0.2, 0.25) is 10.0 Å². The van der Waals surface area contributed by atoms with Crippen molar-refractivity contribution in [1.82, 2.24) is 4.72 Å². The molecule has 0 spiro atoms. The topological polar surface area (TPSA) is 72.5 Å². The van der Waals surface area contributed by atoms with Gasteiger partial charge < -0.3 is 4.74 Å². The van der Waals surface area contributed by atoms with E-state index < -0.39 is 21.7 Å². The summed E-state index contributed by atoms with van der Waals surface area (Å²) in [7, 11) is -2.43. The molecule has 5 nitrogen and oxygen atoms in total. The monoisotopic (exact) mass is 257 g/mol. The van der Waals surface area contributed by atoms with Gasteiger partial charge in [-0.3, -0.25) is 4.79 Å². The number of nitrogens with one attached hydrogen (secondary N) is 1. The minimum absolute atomic E-state index is 0.267. The Hall–Kier alpha value is -1.40. The number of carbonyl (C=O) groups is 1. The van der Waals surface area contributed by atoms with Gasteiger partial charge in [-0.05, 0) is 12.0 Å². The molecular formula is C11H15NO4S. The molecule has 0 heterocycles. The van der Waals surface area contributed by atoms with Gasteiger partial charge in [0.15, 0.2) is 5.75 Å². The van der Waals surface area contributed by atoms with Gasteiger partial charge in [-0.1, -0.05) is 30.3 Å². The minimum atomic E-state index is -3.59. The summed E-state index contributed by atoms with van der Waals surface area (Å²) in [4.78, 5) is 10.8. The van der Waals surface area contributed by atoms with Crippen molar-refractivity contribution in [3.05, 3.63) is 35.9 Å². The van der Waals surface area contributed by atoms with E-state index in [1.807, 2.05) is 30.3 Å². The summed E-state index contributed by atoms with van der Waals surface area (Å²) in [5.41, 5.74) is 1.04. The first kappa shape index (κ1) is 13.7. The predicted octanol–water partition coefficient (Wildman–Crippen LogP) is 0.322. The Kier molecular flexibility index (Phi) is 5.11. The van der Waals surface area contributed by atoms with Crippen LogP contribution in [-0.4, -0.2) is 33.8 Å². The van der Waals surface area contributed by atoms with Crippen molar-refractivity contribution >= 4 is 16.0 Å². The molecule has 94 valence electrons. The number of benzene rings is 1. The molecule has 17 heavy (non-hydrogen) atoms. The van der Waals surface area contributed by atoms with E-state index in [9.17, 15) is 13.2 Å². The minimum Gasteiger partial charge on any atom is -0.468 e. The smallest absolute Gasteiger partial charge is 0.322 e. The van der Waals surface area contributed by atoms with Crippen molar-refractivity contribution < 1.29 is 17.9 Å². The van der Waals surface area contributed by atoms with Gasteiger partial charge in [-0.25, -0.2) is 13.1 Å². The van der Waals surface area contributed by atoms with Crippen LogP contribution >= 0.6 is 0 Å². The first-order chi connectivity index (χ1) is 8.03. The SMILES string of the molecule is COC(=O)CS(=O)(=O)NCCc1ccccc1. The van der Waals surface area contributed by atoms with Gasteiger partial charge in [-0.15, -0.1) is 0 Å². The number of ether oxygens (including phenoxy) is 1. The third-order valence-electron chi connectivity index (χ3n) is 2.11. The van der Waals surface area contributed by atoms with E-state index in [1.54, 1.807) is 0 Å². The van der Waals surface area contributed by atoms with Crippen LogP contribution in [0.25, 0.3) is 0 Å². The van der Waals surface area contributed by atoms with Crippen LogP contribution < -0.4 is 4.72 Å². The highest BCUT2D eigenvalue weighted by Gasteiger charge is 2.15. The summed E-state index contributed by atoms with van der Waals surface area (Å²) in [6, 6.07) is 9.49. The maximum Gasteiger partial charge on any atom is 0.322 e. The summed E-state index contributed by atoms with van der Waals surface area (Å²) in [6.45, 7) is 0.267. The van der Waals surface area contributed by atoms with E-state index in [4.69, 9.17) is 0 Å². The molecule has 0 fully saturated rings. The van der Waals surface area contributed by atoms with E-state index in [0.29, 0.717) is 6.42 Å². The van der Waals surface area contributed by atoms with Crippen molar-refractivity contribution in [3.8, 4) is 0 Å². The van der Waals surface area contributed by atoms with Crippen molar-refractivity contribution in [1.29, 1.82) is 0 Å². The molecule has 0 atom stereocenters. The molecule has 0 saturated carbocycles. The third-order valence-corrected chi connectivity index (χ3v) is 3.37. The molecule has 1 rings (SSSR count). The summed E-state index contributed by atoms with van der Waals surface area (Å²) in [6.07, 6.45) is 0.585. The molecule has 1 aromatic rings. The third kappa shape index (κ3) is 5.46. The number of hydrogen-bond donors (Lipinski definition) is 1. The molecule has 0 aliphatic heterocycles. The second-order valence-corrected chi connectivity index (χ2v) is 5.27. The molecule has 0 radical (unpaired) electrons. The number of esters is 1. The Morgan fingerprint density at radius 1 is 1.29 bits per heavy atom. The first-order valence-corrected chi connectivity index (χ1v) is 6.77. The Morgan fingerprint density at radius 3 is 2.53 bits per heavy atom. The number of methoxy groups -OCH3 is 1. The lowest BCUT2D eigenvalue weighted by Gasteiger charge is -2.05. The Balaban J connectivity index is 2.38. The second-order valence-electron chi connectivity index (χ2n) is 3.47. The quantitative estimate of drug-likeness (QED) is 0.745.